The van der Waals surface area contributed by atoms with E-state index in [4.69, 9.17) is 11.6 Å². The molecule has 3 aromatic rings. The highest BCUT2D eigenvalue weighted by Crippen LogP contribution is 2.26. The number of likely N-dealkylation sites (N-methyl/N-ethyl adjacent to an activating group) is 1. The number of para-hydroxylation sites is 2. The minimum atomic E-state index is 0.494. The van der Waals surface area contributed by atoms with Crippen molar-refractivity contribution in [2.24, 2.45) is 0 Å². The number of hydrogen-bond acceptors (Lipinski definition) is 4. The molecular weight excluding hydrogens is 324 g/mol. The van der Waals surface area contributed by atoms with Gasteiger partial charge in [0, 0.05) is 25.3 Å². The van der Waals surface area contributed by atoms with Crippen molar-refractivity contribution in [1.82, 2.24) is 19.9 Å². The summed E-state index contributed by atoms with van der Waals surface area (Å²) in [5.41, 5.74) is 3.62. The molecule has 0 amide bonds. The summed E-state index contributed by atoms with van der Waals surface area (Å²) in [6, 6.07) is 12.5. The van der Waals surface area contributed by atoms with Crippen molar-refractivity contribution in [3.63, 3.8) is 0 Å². The number of rotatable bonds is 4. The van der Waals surface area contributed by atoms with E-state index < -0.39 is 0 Å². The van der Waals surface area contributed by atoms with Crippen molar-refractivity contribution in [3.8, 4) is 0 Å². The zero-order valence-electron chi connectivity index (χ0n) is 14.9. The normalized spacial score (nSPS) is 17.4. The van der Waals surface area contributed by atoms with E-state index in [-0.39, 0.29) is 0 Å². The van der Waals surface area contributed by atoms with Gasteiger partial charge in [-0.3, -0.25) is 4.98 Å². The van der Waals surface area contributed by atoms with Crippen LogP contribution in [0.5, 0.6) is 0 Å². The number of imidazole rings is 1. The molecule has 1 N–H and O–H groups in total. The maximum Gasteiger partial charge on any atom is 0.206 e. The monoisotopic (exact) mass is 346 g/mol. The second-order valence-electron chi connectivity index (χ2n) is 6.68. The van der Waals surface area contributed by atoms with Gasteiger partial charge in [-0.1, -0.05) is 18.2 Å². The third kappa shape index (κ3) is 3.14. The summed E-state index contributed by atoms with van der Waals surface area (Å²) in [6.45, 7) is 9.71. The number of nitrogens with zero attached hydrogens (tertiary/aromatic N) is 5. The Balaban J connectivity index is 1.72. The standard InChI is InChI=1S/C20H22N6/c1-21-15-9-10-17(23-12-15)14-26-19-8-4-3-7-18(19)24-20(26)25-11-5-6-16(13-25)22-2/h3-4,7-10,12,16,22H,5-6,11,13-14H2,2H3/t16-/m1/s1. The van der Waals surface area contributed by atoms with Crippen LogP contribution in [-0.4, -0.2) is 40.7 Å². The van der Waals surface area contributed by atoms with Crippen molar-refractivity contribution in [3.05, 3.63) is 59.7 Å². The Labute approximate surface area is 153 Å². The molecule has 0 unspecified atom stereocenters. The third-order valence-electron chi connectivity index (χ3n) is 5.01. The molecule has 0 radical (unpaired) electrons. The molecule has 0 bridgehead atoms. The van der Waals surface area contributed by atoms with Crippen LogP contribution in [0.2, 0.25) is 0 Å². The molecule has 0 spiro atoms. The molecule has 1 atom stereocenters. The van der Waals surface area contributed by atoms with Crippen molar-refractivity contribution < 1.29 is 0 Å². The SMILES string of the molecule is [C-]#[N+]c1ccc(Cn2c(N3CCC[C@@H](NC)C3)nc3ccccc32)nc1. The van der Waals surface area contributed by atoms with Gasteiger partial charge in [0.15, 0.2) is 0 Å². The summed E-state index contributed by atoms with van der Waals surface area (Å²) in [5, 5.41) is 3.40. The van der Waals surface area contributed by atoms with Gasteiger partial charge in [0.25, 0.3) is 0 Å². The molecule has 1 aliphatic rings. The highest BCUT2D eigenvalue weighted by atomic mass is 15.3. The van der Waals surface area contributed by atoms with E-state index in [1.165, 1.54) is 6.42 Å². The molecule has 6 nitrogen and oxygen atoms in total. The van der Waals surface area contributed by atoms with Crippen LogP contribution >= 0.6 is 0 Å². The molecule has 0 saturated carbocycles. The number of hydrogen-bond donors (Lipinski definition) is 1. The maximum atomic E-state index is 7.08. The average molecular weight is 346 g/mol. The van der Waals surface area contributed by atoms with Gasteiger partial charge in [0.1, 0.15) is 0 Å². The van der Waals surface area contributed by atoms with Gasteiger partial charge in [-0.15, -0.1) is 0 Å². The van der Waals surface area contributed by atoms with E-state index >= 15 is 0 Å². The molecule has 1 fully saturated rings. The number of nitrogens with one attached hydrogen (secondary N) is 1. The molecule has 4 rings (SSSR count). The third-order valence-corrected chi connectivity index (χ3v) is 5.01. The second kappa shape index (κ2) is 7.14. The first kappa shape index (κ1) is 16.6. The first-order chi connectivity index (χ1) is 12.8. The lowest BCUT2D eigenvalue weighted by Crippen LogP contribution is -2.45. The zero-order valence-corrected chi connectivity index (χ0v) is 14.9. The fourth-order valence-electron chi connectivity index (χ4n) is 3.59. The number of aromatic nitrogens is 3. The van der Waals surface area contributed by atoms with Crippen molar-refractivity contribution in [2.75, 3.05) is 25.0 Å². The Hall–Kier alpha value is -2.91. The Morgan fingerprint density at radius 1 is 1.27 bits per heavy atom. The minimum absolute atomic E-state index is 0.494. The molecule has 132 valence electrons. The molecule has 1 aromatic carbocycles. The maximum absolute atomic E-state index is 7.08. The second-order valence-corrected chi connectivity index (χ2v) is 6.68. The zero-order chi connectivity index (χ0) is 17.9. The summed E-state index contributed by atoms with van der Waals surface area (Å²) in [7, 11) is 2.03. The number of benzene rings is 1. The Morgan fingerprint density at radius 2 is 2.15 bits per heavy atom. The lowest BCUT2D eigenvalue weighted by Gasteiger charge is -2.33. The van der Waals surface area contributed by atoms with Gasteiger partial charge < -0.3 is 14.8 Å². The Kier molecular flexibility index (Phi) is 4.55. The van der Waals surface area contributed by atoms with Crippen LogP contribution < -0.4 is 10.2 Å². The van der Waals surface area contributed by atoms with E-state index in [1.54, 1.807) is 6.20 Å². The summed E-state index contributed by atoms with van der Waals surface area (Å²) in [5.74, 6) is 1.00. The van der Waals surface area contributed by atoms with Gasteiger partial charge in [0.2, 0.25) is 11.6 Å². The lowest BCUT2D eigenvalue weighted by atomic mass is 10.1. The van der Waals surface area contributed by atoms with Crippen LogP contribution in [0.1, 0.15) is 18.5 Å². The van der Waals surface area contributed by atoms with Gasteiger partial charge in [-0.25, -0.2) is 9.83 Å². The van der Waals surface area contributed by atoms with Crippen molar-refractivity contribution in [1.29, 1.82) is 0 Å². The number of anilines is 1. The lowest BCUT2D eigenvalue weighted by molar-refractivity contribution is 0.442. The molecule has 3 heterocycles. The first-order valence-corrected chi connectivity index (χ1v) is 8.98. The van der Waals surface area contributed by atoms with E-state index in [0.717, 1.165) is 42.2 Å². The molecule has 1 saturated heterocycles. The smallest absolute Gasteiger partial charge is 0.206 e. The van der Waals surface area contributed by atoms with E-state index in [9.17, 15) is 0 Å². The quantitative estimate of drug-likeness (QED) is 0.737. The number of piperidine rings is 1. The van der Waals surface area contributed by atoms with Crippen molar-refractivity contribution >= 4 is 22.7 Å². The summed E-state index contributed by atoms with van der Waals surface area (Å²) in [4.78, 5) is 15.2. The fraction of sp³-hybridized carbons (Fsp3) is 0.350. The first-order valence-electron chi connectivity index (χ1n) is 8.98. The highest BCUT2D eigenvalue weighted by molar-refractivity contribution is 5.79. The molecule has 0 aliphatic carbocycles. The minimum Gasteiger partial charge on any atom is -0.341 e. The van der Waals surface area contributed by atoms with E-state index in [0.29, 0.717) is 18.3 Å². The van der Waals surface area contributed by atoms with Gasteiger partial charge in [0.05, 0.1) is 29.8 Å². The molecule has 2 aromatic heterocycles. The Morgan fingerprint density at radius 3 is 2.92 bits per heavy atom. The highest BCUT2D eigenvalue weighted by Gasteiger charge is 2.23. The topological polar surface area (TPSA) is 50.3 Å². The predicted octanol–water partition coefficient (Wildman–Crippen LogP) is 3.22. The van der Waals surface area contributed by atoms with Gasteiger partial charge in [-0.2, -0.15) is 0 Å². The average Bonchev–Trinajstić information content (AvgIpc) is 3.07. The van der Waals surface area contributed by atoms with Crippen LogP contribution in [0.3, 0.4) is 0 Å². The molecule has 1 aliphatic heterocycles. The molecular formula is C20H22N6. The van der Waals surface area contributed by atoms with Crippen LogP contribution in [0.25, 0.3) is 15.9 Å². The molecule has 6 heteroatoms. The van der Waals surface area contributed by atoms with Crippen LogP contribution in [-0.2, 0) is 6.54 Å². The summed E-state index contributed by atoms with van der Waals surface area (Å²) in [6.07, 6.45) is 4.00. The number of pyridine rings is 1. The van der Waals surface area contributed by atoms with Gasteiger partial charge >= 0.3 is 0 Å². The van der Waals surface area contributed by atoms with Crippen LogP contribution in [0, 0.1) is 6.57 Å². The summed E-state index contributed by atoms with van der Waals surface area (Å²) < 4.78 is 2.24. The fourth-order valence-corrected chi connectivity index (χ4v) is 3.59. The van der Waals surface area contributed by atoms with Crippen LogP contribution in [0.4, 0.5) is 11.6 Å². The number of fused-ring (bicyclic) bond motifs is 1. The summed E-state index contributed by atoms with van der Waals surface area (Å²) >= 11 is 0. The van der Waals surface area contributed by atoms with Crippen LogP contribution in [0.15, 0.2) is 42.6 Å². The predicted molar refractivity (Wildman–Crippen MR) is 104 cm³/mol. The largest absolute Gasteiger partial charge is 0.341 e. The van der Waals surface area contributed by atoms with E-state index in [2.05, 4.69) is 36.7 Å². The van der Waals surface area contributed by atoms with E-state index in [1.807, 2.05) is 31.3 Å². The molecule has 26 heavy (non-hydrogen) atoms. The van der Waals surface area contributed by atoms with Crippen molar-refractivity contribution in [2.45, 2.75) is 25.4 Å². The van der Waals surface area contributed by atoms with Gasteiger partial charge in [-0.05, 0) is 38.1 Å². The Bertz CT molecular complexity index is 937.